The molecule has 2 amide bonds. The van der Waals surface area contributed by atoms with Gasteiger partial charge in [-0.05, 0) is 24.3 Å². The summed E-state index contributed by atoms with van der Waals surface area (Å²) in [5, 5.41) is 0.951. The first-order valence-corrected chi connectivity index (χ1v) is 10.9. The van der Waals surface area contributed by atoms with Crippen LogP contribution in [0.25, 0.3) is 10.9 Å². The molecule has 3 heterocycles. The zero-order valence-corrected chi connectivity index (χ0v) is 18.3. The van der Waals surface area contributed by atoms with Crippen LogP contribution in [0.1, 0.15) is 20.7 Å². The number of fused-ring (bicyclic) bond motifs is 1. The predicted molar refractivity (Wildman–Crippen MR) is 125 cm³/mol. The van der Waals surface area contributed by atoms with Crippen LogP contribution < -0.4 is 4.74 Å². The molecular weight excluding hydrogens is 416 g/mol. The van der Waals surface area contributed by atoms with Crippen LogP contribution in [0.2, 0.25) is 0 Å². The summed E-state index contributed by atoms with van der Waals surface area (Å²) in [5.41, 5.74) is 2.23. The lowest BCUT2D eigenvalue weighted by molar-refractivity contribution is 0.0536. The van der Waals surface area contributed by atoms with Gasteiger partial charge in [-0.25, -0.2) is 4.98 Å². The minimum absolute atomic E-state index is 0.00276. The first-order valence-electron chi connectivity index (χ1n) is 10.9. The Balaban J connectivity index is 1.21. The molecule has 1 saturated heterocycles. The molecule has 1 aliphatic heterocycles. The van der Waals surface area contributed by atoms with Crippen molar-refractivity contribution in [3.63, 3.8) is 0 Å². The van der Waals surface area contributed by atoms with Crippen molar-refractivity contribution in [1.82, 2.24) is 19.4 Å². The van der Waals surface area contributed by atoms with Gasteiger partial charge in [0.1, 0.15) is 5.75 Å². The van der Waals surface area contributed by atoms with Crippen molar-refractivity contribution < 1.29 is 14.3 Å². The molecule has 1 fully saturated rings. The van der Waals surface area contributed by atoms with Gasteiger partial charge in [-0.1, -0.05) is 36.4 Å². The van der Waals surface area contributed by atoms with Gasteiger partial charge in [-0.3, -0.25) is 9.59 Å². The zero-order valence-electron chi connectivity index (χ0n) is 18.3. The molecule has 2 aromatic heterocycles. The van der Waals surface area contributed by atoms with Crippen LogP contribution in [-0.2, 0) is 7.05 Å². The topological polar surface area (TPSA) is 67.7 Å². The fraction of sp³-hybridized carbons (Fsp3) is 0.192. The zero-order chi connectivity index (χ0) is 22.8. The number of ether oxygens (including phenoxy) is 1. The Bertz CT molecular complexity index is 1290. The average Bonchev–Trinajstić information content (AvgIpc) is 3.21. The summed E-state index contributed by atoms with van der Waals surface area (Å²) < 4.78 is 7.66. The number of benzene rings is 2. The molecule has 4 aromatic rings. The van der Waals surface area contributed by atoms with Crippen LogP contribution in [0.5, 0.6) is 11.6 Å². The number of aryl methyl sites for hydroxylation is 1. The summed E-state index contributed by atoms with van der Waals surface area (Å²) in [4.78, 5) is 33.9. The van der Waals surface area contributed by atoms with E-state index in [-0.39, 0.29) is 11.8 Å². The molecule has 33 heavy (non-hydrogen) atoms. The minimum atomic E-state index is -0.0916. The number of carbonyl (C=O) groups is 2. The number of amides is 2. The van der Waals surface area contributed by atoms with E-state index >= 15 is 0 Å². The van der Waals surface area contributed by atoms with Gasteiger partial charge < -0.3 is 19.1 Å². The lowest BCUT2D eigenvalue weighted by Crippen LogP contribution is -2.50. The number of nitrogens with zero attached hydrogens (tertiary/aromatic N) is 4. The molecule has 0 spiro atoms. The SMILES string of the molecule is Cn1cc(C(=O)N2CCN(C(=O)c3ccc(Oc4ccccc4)nc3)CC2)c2ccccc21. The van der Waals surface area contributed by atoms with Crippen molar-refractivity contribution in [3.8, 4) is 11.6 Å². The first kappa shape index (κ1) is 20.8. The van der Waals surface area contributed by atoms with Crippen LogP contribution in [0.3, 0.4) is 0 Å². The van der Waals surface area contributed by atoms with Gasteiger partial charge >= 0.3 is 0 Å². The predicted octanol–water partition coefficient (Wildman–Crippen LogP) is 3.96. The number of pyridine rings is 1. The van der Waals surface area contributed by atoms with Crippen LogP contribution >= 0.6 is 0 Å². The Labute approximate surface area is 191 Å². The van der Waals surface area contributed by atoms with Crippen molar-refractivity contribution >= 4 is 22.7 Å². The standard InChI is InChI=1S/C26H24N4O3/c1-28-18-22(21-9-5-6-10-23(21)28)26(32)30-15-13-29(14-16-30)25(31)19-11-12-24(27-17-19)33-20-7-3-2-4-8-20/h2-12,17-18H,13-16H2,1H3. The minimum Gasteiger partial charge on any atom is -0.439 e. The summed E-state index contributed by atoms with van der Waals surface area (Å²) in [7, 11) is 1.94. The highest BCUT2D eigenvalue weighted by molar-refractivity contribution is 6.07. The maximum atomic E-state index is 13.1. The maximum absolute atomic E-state index is 13.1. The Hall–Kier alpha value is -4.13. The quantitative estimate of drug-likeness (QED) is 0.482. The third kappa shape index (κ3) is 4.17. The Kier molecular flexibility index (Phi) is 5.52. The normalized spacial score (nSPS) is 13.8. The largest absolute Gasteiger partial charge is 0.439 e. The molecule has 0 aliphatic carbocycles. The summed E-state index contributed by atoms with van der Waals surface area (Å²) in [6.07, 6.45) is 3.42. The van der Waals surface area contributed by atoms with E-state index in [9.17, 15) is 9.59 Å². The van der Waals surface area contributed by atoms with Gasteiger partial charge in [-0.2, -0.15) is 0 Å². The summed E-state index contributed by atoms with van der Waals surface area (Å²) in [6.45, 7) is 1.96. The molecule has 0 unspecified atom stereocenters. The number of hydrogen-bond donors (Lipinski definition) is 0. The summed E-state index contributed by atoms with van der Waals surface area (Å²) in [6, 6.07) is 20.7. The first-order chi connectivity index (χ1) is 16.1. The smallest absolute Gasteiger partial charge is 0.256 e. The third-order valence-corrected chi connectivity index (χ3v) is 5.93. The van der Waals surface area contributed by atoms with E-state index in [1.807, 2.05) is 77.3 Å². The number of aromatic nitrogens is 2. The Morgan fingerprint density at radius 3 is 2.18 bits per heavy atom. The van der Waals surface area contributed by atoms with Gasteiger partial charge in [0.15, 0.2) is 0 Å². The number of piperazine rings is 1. The molecular formula is C26H24N4O3. The van der Waals surface area contributed by atoms with E-state index in [0.29, 0.717) is 48.9 Å². The second-order valence-electron chi connectivity index (χ2n) is 8.06. The van der Waals surface area contributed by atoms with Crippen LogP contribution in [0.4, 0.5) is 0 Å². The highest BCUT2D eigenvalue weighted by Crippen LogP contribution is 2.23. The summed E-state index contributed by atoms with van der Waals surface area (Å²) in [5.74, 6) is 1.04. The van der Waals surface area contributed by atoms with E-state index in [1.165, 1.54) is 6.20 Å². The van der Waals surface area contributed by atoms with E-state index < -0.39 is 0 Å². The highest BCUT2D eigenvalue weighted by atomic mass is 16.5. The molecule has 0 atom stereocenters. The molecule has 0 N–H and O–H groups in total. The number of carbonyl (C=O) groups excluding carboxylic acids is 2. The van der Waals surface area contributed by atoms with Crippen LogP contribution in [-0.4, -0.2) is 57.3 Å². The van der Waals surface area contributed by atoms with Crippen molar-refractivity contribution in [1.29, 1.82) is 0 Å². The number of rotatable bonds is 4. The highest BCUT2D eigenvalue weighted by Gasteiger charge is 2.27. The van der Waals surface area contributed by atoms with Crippen LogP contribution in [0.15, 0.2) is 79.1 Å². The molecule has 7 heteroatoms. The van der Waals surface area contributed by atoms with Gasteiger partial charge in [0.2, 0.25) is 5.88 Å². The van der Waals surface area contributed by atoms with Gasteiger partial charge in [-0.15, -0.1) is 0 Å². The van der Waals surface area contributed by atoms with E-state index in [2.05, 4.69) is 4.98 Å². The van der Waals surface area contributed by atoms with Gasteiger partial charge in [0.25, 0.3) is 11.8 Å². The van der Waals surface area contributed by atoms with Crippen LogP contribution in [0, 0.1) is 0 Å². The molecule has 7 nitrogen and oxygen atoms in total. The molecule has 0 saturated carbocycles. The van der Waals surface area contributed by atoms with E-state index in [1.54, 1.807) is 17.0 Å². The Morgan fingerprint density at radius 1 is 0.818 bits per heavy atom. The average molecular weight is 441 g/mol. The number of para-hydroxylation sites is 2. The fourth-order valence-electron chi connectivity index (χ4n) is 4.15. The van der Waals surface area contributed by atoms with Crippen molar-refractivity contribution in [3.05, 3.63) is 90.3 Å². The van der Waals surface area contributed by atoms with E-state index in [0.717, 1.165) is 10.9 Å². The van der Waals surface area contributed by atoms with E-state index in [4.69, 9.17) is 4.74 Å². The molecule has 0 radical (unpaired) electrons. The molecule has 5 rings (SSSR count). The van der Waals surface area contributed by atoms with Crippen molar-refractivity contribution in [2.45, 2.75) is 0 Å². The molecule has 1 aliphatic rings. The molecule has 166 valence electrons. The third-order valence-electron chi connectivity index (χ3n) is 5.93. The number of hydrogen-bond acceptors (Lipinski definition) is 4. The second-order valence-corrected chi connectivity index (χ2v) is 8.06. The van der Waals surface area contributed by atoms with Crippen molar-refractivity contribution in [2.75, 3.05) is 26.2 Å². The summed E-state index contributed by atoms with van der Waals surface area (Å²) >= 11 is 0. The monoisotopic (exact) mass is 440 g/mol. The van der Waals surface area contributed by atoms with Gasteiger partial charge in [0, 0.05) is 62.6 Å². The van der Waals surface area contributed by atoms with Crippen molar-refractivity contribution in [2.24, 2.45) is 7.05 Å². The second kappa shape index (κ2) is 8.78. The lowest BCUT2D eigenvalue weighted by atomic mass is 10.1. The molecule has 2 aromatic carbocycles. The molecule has 0 bridgehead atoms. The van der Waals surface area contributed by atoms with Gasteiger partial charge in [0.05, 0.1) is 11.1 Å². The fourth-order valence-corrected chi connectivity index (χ4v) is 4.15. The Morgan fingerprint density at radius 2 is 1.48 bits per heavy atom. The maximum Gasteiger partial charge on any atom is 0.256 e. The lowest BCUT2D eigenvalue weighted by Gasteiger charge is -2.34.